The van der Waals surface area contributed by atoms with Gasteiger partial charge in [0.1, 0.15) is 0 Å². The van der Waals surface area contributed by atoms with E-state index in [1.54, 1.807) is 0 Å². The molecule has 25 heavy (non-hydrogen) atoms. The van der Waals surface area contributed by atoms with Crippen molar-refractivity contribution in [2.24, 2.45) is 5.92 Å². The van der Waals surface area contributed by atoms with Gasteiger partial charge >= 0.3 is 0 Å². The summed E-state index contributed by atoms with van der Waals surface area (Å²) >= 11 is 0. The lowest BCUT2D eigenvalue weighted by molar-refractivity contribution is -0.133. The van der Waals surface area contributed by atoms with Crippen LogP contribution in [0.4, 0.5) is 0 Å². The van der Waals surface area contributed by atoms with E-state index in [2.05, 4.69) is 18.3 Å². The van der Waals surface area contributed by atoms with Crippen molar-refractivity contribution in [1.29, 1.82) is 0 Å². The molecule has 0 unspecified atom stereocenters. The molecule has 1 aromatic carbocycles. The van der Waals surface area contributed by atoms with Crippen molar-refractivity contribution in [2.45, 2.75) is 52.1 Å². The number of ether oxygens (including phenoxy) is 2. The zero-order valence-corrected chi connectivity index (χ0v) is 15.4. The van der Waals surface area contributed by atoms with E-state index in [0.29, 0.717) is 31.6 Å². The average molecular weight is 346 g/mol. The summed E-state index contributed by atoms with van der Waals surface area (Å²) < 4.78 is 11.7. The number of carbonyl (C=O) groups excluding carboxylic acids is 1. The van der Waals surface area contributed by atoms with Gasteiger partial charge in [0.15, 0.2) is 11.5 Å². The molecular formula is C20H30N2O3. The number of benzene rings is 1. The Balaban J connectivity index is 1.63. The van der Waals surface area contributed by atoms with Crippen LogP contribution in [0.1, 0.15) is 45.1 Å². The first kappa shape index (κ1) is 18.1. The molecule has 0 aromatic heterocycles. The first-order valence-corrected chi connectivity index (χ1v) is 9.61. The smallest absolute Gasteiger partial charge is 0.222 e. The van der Waals surface area contributed by atoms with Crippen LogP contribution >= 0.6 is 0 Å². The Morgan fingerprint density at radius 2 is 2.12 bits per heavy atom. The van der Waals surface area contributed by atoms with Crippen LogP contribution in [-0.2, 0) is 11.3 Å². The second-order valence-corrected chi connectivity index (χ2v) is 6.93. The second kappa shape index (κ2) is 8.56. The highest BCUT2D eigenvalue weighted by atomic mass is 16.5. The van der Waals surface area contributed by atoms with Gasteiger partial charge in [0.25, 0.3) is 0 Å². The number of hydrogen-bond acceptors (Lipinski definition) is 4. The van der Waals surface area contributed by atoms with E-state index in [9.17, 15) is 4.79 Å². The summed E-state index contributed by atoms with van der Waals surface area (Å²) in [6, 6.07) is 6.56. The molecule has 1 N–H and O–H groups in total. The highest BCUT2D eigenvalue weighted by molar-refractivity contribution is 5.75. The Morgan fingerprint density at radius 3 is 2.92 bits per heavy atom. The fraction of sp³-hybridized carbons (Fsp3) is 0.650. The minimum absolute atomic E-state index is 0.274. The van der Waals surface area contributed by atoms with Gasteiger partial charge < -0.3 is 19.7 Å². The molecule has 2 atom stereocenters. The van der Waals surface area contributed by atoms with Crippen molar-refractivity contribution in [2.75, 3.05) is 26.3 Å². The molecule has 2 aliphatic heterocycles. The molecule has 5 nitrogen and oxygen atoms in total. The standard InChI is InChI=1S/C20H30N2O3/c1-3-15-14-22(19(23)4-2)10-9-17(15)21-13-16-7-5-8-18-20(16)25-12-6-11-24-18/h5,7-8,15,17,21H,3-4,6,9-14H2,1-2H3/t15-,17+/m1/s1. The van der Waals surface area contributed by atoms with Crippen molar-refractivity contribution in [3.05, 3.63) is 23.8 Å². The topological polar surface area (TPSA) is 50.8 Å². The molecule has 1 saturated heterocycles. The minimum atomic E-state index is 0.274. The second-order valence-electron chi connectivity index (χ2n) is 6.93. The zero-order valence-electron chi connectivity index (χ0n) is 15.4. The molecule has 0 saturated carbocycles. The molecule has 2 heterocycles. The molecule has 138 valence electrons. The Hall–Kier alpha value is -1.75. The monoisotopic (exact) mass is 346 g/mol. The first-order chi connectivity index (χ1) is 12.2. The quantitative estimate of drug-likeness (QED) is 0.890. The average Bonchev–Trinajstić information content (AvgIpc) is 2.91. The maximum Gasteiger partial charge on any atom is 0.222 e. The Bertz CT molecular complexity index is 590. The third-order valence-electron chi connectivity index (χ3n) is 5.32. The van der Waals surface area contributed by atoms with Gasteiger partial charge in [-0.1, -0.05) is 32.4 Å². The van der Waals surface area contributed by atoms with Gasteiger partial charge in [0.2, 0.25) is 5.91 Å². The normalized spacial score (nSPS) is 23.2. The number of piperidine rings is 1. The van der Waals surface area contributed by atoms with Crippen LogP contribution in [0.2, 0.25) is 0 Å². The Kier molecular flexibility index (Phi) is 6.19. The summed E-state index contributed by atoms with van der Waals surface area (Å²) in [6.07, 6.45) is 3.61. The van der Waals surface area contributed by atoms with E-state index in [1.165, 1.54) is 0 Å². The lowest BCUT2D eigenvalue weighted by Crippen LogP contribution is -2.50. The zero-order chi connectivity index (χ0) is 17.6. The van der Waals surface area contributed by atoms with Crippen molar-refractivity contribution in [1.82, 2.24) is 10.2 Å². The number of para-hydroxylation sites is 1. The summed E-state index contributed by atoms with van der Waals surface area (Å²) in [7, 11) is 0. The van der Waals surface area contributed by atoms with E-state index in [0.717, 1.165) is 56.0 Å². The number of hydrogen-bond donors (Lipinski definition) is 1. The van der Waals surface area contributed by atoms with Crippen molar-refractivity contribution in [3.8, 4) is 11.5 Å². The molecule has 5 heteroatoms. The lowest BCUT2D eigenvalue weighted by atomic mass is 9.89. The van der Waals surface area contributed by atoms with E-state index >= 15 is 0 Å². The number of amides is 1. The van der Waals surface area contributed by atoms with Crippen LogP contribution in [0, 0.1) is 5.92 Å². The van der Waals surface area contributed by atoms with Crippen LogP contribution in [0.15, 0.2) is 18.2 Å². The molecule has 1 fully saturated rings. The molecule has 0 aliphatic carbocycles. The maximum atomic E-state index is 12.0. The molecular weight excluding hydrogens is 316 g/mol. The van der Waals surface area contributed by atoms with Gasteiger partial charge in [-0.25, -0.2) is 0 Å². The summed E-state index contributed by atoms with van der Waals surface area (Å²) in [5.74, 6) is 2.52. The predicted molar refractivity (Wildman–Crippen MR) is 97.9 cm³/mol. The van der Waals surface area contributed by atoms with Crippen LogP contribution in [0.3, 0.4) is 0 Å². The van der Waals surface area contributed by atoms with E-state index in [-0.39, 0.29) is 5.91 Å². The number of carbonyl (C=O) groups is 1. The first-order valence-electron chi connectivity index (χ1n) is 9.61. The van der Waals surface area contributed by atoms with Crippen LogP contribution in [0.5, 0.6) is 11.5 Å². The van der Waals surface area contributed by atoms with Gasteiger partial charge in [-0.05, 0) is 18.4 Å². The summed E-state index contributed by atoms with van der Waals surface area (Å²) in [5.41, 5.74) is 1.15. The molecule has 0 spiro atoms. The van der Waals surface area contributed by atoms with E-state index in [4.69, 9.17) is 9.47 Å². The van der Waals surface area contributed by atoms with Gasteiger partial charge in [-0.2, -0.15) is 0 Å². The highest BCUT2D eigenvalue weighted by Crippen LogP contribution is 2.33. The van der Waals surface area contributed by atoms with Crippen LogP contribution in [-0.4, -0.2) is 43.2 Å². The molecule has 0 radical (unpaired) electrons. The highest BCUT2D eigenvalue weighted by Gasteiger charge is 2.29. The van der Waals surface area contributed by atoms with Crippen molar-refractivity contribution in [3.63, 3.8) is 0 Å². The van der Waals surface area contributed by atoms with E-state index < -0.39 is 0 Å². The number of rotatable bonds is 5. The largest absolute Gasteiger partial charge is 0.490 e. The third kappa shape index (κ3) is 4.27. The van der Waals surface area contributed by atoms with Gasteiger partial charge in [-0.3, -0.25) is 4.79 Å². The fourth-order valence-corrected chi connectivity index (χ4v) is 3.80. The molecule has 0 bridgehead atoms. The third-order valence-corrected chi connectivity index (χ3v) is 5.32. The summed E-state index contributed by atoms with van der Waals surface area (Å²) in [5, 5.41) is 3.71. The summed E-state index contributed by atoms with van der Waals surface area (Å²) in [4.78, 5) is 14.0. The fourth-order valence-electron chi connectivity index (χ4n) is 3.80. The predicted octanol–water partition coefficient (Wildman–Crippen LogP) is 2.97. The number of likely N-dealkylation sites (tertiary alicyclic amines) is 1. The molecule has 2 aliphatic rings. The Morgan fingerprint density at radius 1 is 1.28 bits per heavy atom. The van der Waals surface area contributed by atoms with Crippen molar-refractivity contribution >= 4 is 5.91 Å². The molecule has 1 aromatic rings. The van der Waals surface area contributed by atoms with Crippen molar-refractivity contribution < 1.29 is 14.3 Å². The minimum Gasteiger partial charge on any atom is -0.490 e. The van der Waals surface area contributed by atoms with E-state index in [1.807, 2.05) is 24.0 Å². The van der Waals surface area contributed by atoms with Gasteiger partial charge in [0.05, 0.1) is 13.2 Å². The van der Waals surface area contributed by atoms with Crippen LogP contribution in [0.25, 0.3) is 0 Å². The number of nitrogens with one attached hydrogen (secondary N) is 1. The van der Waals surface area contributed by atoms with Gasteiger partial charge in [-0.15, -0.1) is 0 Å². The molecule has 1 amide bonds. The van der Waals surface area contributed by atoms with Gasteiger partial charge in [0, 0.05) is 44.1 Å². The summed E-state index contributed by atoms with van der Waals surface area (Å²) in [6.45, 7) is 8.07. The number of nitrogens with zero attached hydrogens (tertiary/aromatic N) is 1. The molecule has 3 rings (SSSR count). The lowest BCUT2D eigenvalue weighted by Gasteiger charge is -2.39. The van der Waals surface area contributed by atoms with Crippen LogP contribution < -0.4 is 14.8 Å². The Labute approximate surface area is 150 Å². The number of fused-ring (bicyclic) bond motifs is 1. The SMILES string of the molecule is CCC(=O)N1CC[C@H](NCc2cccc3c2OCCCO3)[C@H](CC)C1. The maximum absolute atomic E-state index is 12.0.